The maximum Gasteiger partial charge on any atom is 0.118 e. The molecule has 1 aliphatic rings. The molecule has 0 bridgehead atoms. The molecule has 1 aromatic carbocycles. The predicted octanol–water partition coefficient (Wildman–Crippen LogP) is 2.31. The lowest BCUT2D eigenvalue weighted by Gasteiger charge is -2.30. The molecule has 1 nitrogen and oxygen atoms in total. The fourth-order valence-electron chi connectivity index (χ4n) is 1.06. The Morgan fingerprint density at radius 3 is 2.21 bits per heavy atom. The molecule has 0 aromatic heterocycles. The van der Waals surface area contributed by atoms with Crippen molar-refractivity contribution in [3.63, 3.8) is 0 Å². The van der Waals surface area contributed by atoms with Gasteiger partial charge >= 0.3 is 0 Å². The van der Waals surface area contributed by atoms with Gasteiger partial charge in [-0.05, 0) is 51.9 Å². The molecule has 2 atom stereocenters. The maximum absolute atomic E-state index is 5.39. The molecule has 0 amide bonds. The van der Waals surface area contributed by atoms with E-state index in [0.29, 0.717) is 0 Å². The summed E-state index contributed by atoms with van der Waals surface area (Å²) in [5.74, 6) is 0.903. The third kappa shape index (κ3) is 2.23. The Kier molecular flexibility index (Phi) is 4.03. The normalized spacial score (nSPS) is 32.5. The van der Waals surface area contributed by atoms with Crippen LogP contribution in [0.5, 0.6) is 5.75 Å². The fraction of sp³-hybridized carbons (Fsp3) is 0.143. The van der Waals surface area contributed by atoms with E-state index in [1.807, 2.05) is 12.1 Å². The van der Waals surface area contributed by atoms with Crippen LogP contribution in [0.1, 0.15) is 0 Å². The van der Waals surface area contributed by atoms with Crippen LogP contribution >= 0.6 is 13.3 Å². The van der Waals surface area contributed by atoms with Crippen molar-refractivity contribution in [2.24, 2.45) is 0 Å². The zero-order valence-corrected chi connectivity index (χ0v) is 12.5. The molecule has 1 aliphatic heterocycles. The summed E-state index contributed by atoms with van der Waals surface area (Å²) in [6.45, 7) is 0.855. The van der Waals surface area contributed by atoms with Crippen molar-refractivity contribution in [2.75, 3.05) is 7.11 Å². The topological polar surface area (TPSA) is 9.23 Å². The van der Waals surface area contributed by atoms with E-state index in [1.54, 1.807) is 7.11 Å². The van der Waals surface area contributed by atoms with Crippen molar-refractivity contribution in [3.8, 4) is 5.75 Å². The van der Waals surface area contributed by atoms with E-state index >= 15 is 0 Å². The number of methoxy groups -OCH3 is 1. The molecular weight excluding hydrogens is 290 g/mol. The van der Waals surface area contributed by atoms with Gasteiger partial charge in [-0.25, -0.2) is 0 Å². The molecule has 1 aromatic rings. The lowest BCUT2D eigenvalue weighted by Crippen LogP contribution is -2.09. The molecule has 0 saturated carbocycles. The molecule has 2 rings (SSSR count). The van der Waals surface area contributed by atoms with Crippen molar-refractivity contribution in [1.82, 2.24) is 0 Å². The predicted molar refractivity (Wildman–Crippen MR) is 77.3 cm³/mol. The Morgan fingerprint density at radius 1 is 1.21 bits per heavy atom. The van der Waals surface area contributed by atoms with Crippen LogP contribution in [0.25, 0.3) is 0 Å². The summed E-state index contributed by atoms with van der Waals surface area (Å²) in [6, 6.07) is 8.23. The first-order valence-corrected chi connectivity index (χ1v) is 13.1. The first kappa shape index (κ1) is 11.5. The van der Waals surface area contributed by atoms with E-state index in [1.165, 1.54) is 5.30 Å². The maximum atomic E-state index is 5.39. The number of rotatable bonds is 2. The minimum atomic E-state index is -0.191. The molecule has 1 fully saturated rings. The van der Waals surface area contributed by atoms with Crippen molar-refractivity contribution in [3.05, 3.63) is 24.3 Å². The van der Waals surface area contributed by atoms with Gasteiger partial charge in [0.1, 0.15) is 5.75 Å². The summed E-state index contributed by atoms with van der Waals surface area (Å²) >= 11 is 10.8. The summed E-state index contributed by atoms with van der Waals surface area (Å²) in [6.07, 6.45) is -0.191. The highest BCUT2D eigenvalue weighted by Gasteiger charge is 2.30. The Balaban J connectivity index is 2.25. The zero-order chi connectivity index (χ0) is 10.1. The van der Waals surface area contributed by atoms with E-state index in [4.69, 9.17) is 27.1 Å². The molecule has 2 unspecified atom stereocenters. The average molecular weight is 298 g/mol. The third-order valence-electron chi connectivity index (χ3n) is 1.73. The molecule has 0 radical (unpaired) electrons. The van der Waals surface area contributed by atoms with Gasteiger partial charge in [0.15, 0.2) is 0 Å². The largest absolute Gasteiger partial charge is 0.497 e. The van der Waals surface area contributed by atoms with Crippen LogP contribution in [0.15, 0.2) is 24.3 Å². The van der Waals surface area contributed by atoms with Gasteiger partial charge in [-0.15, -0.1) is 0 Å². The van der Waals surface area contributed by atoms with Gasteiger partial charge in [-0.3, -0.25) is 0 Å². The number of ether oxygens (including phenoxy) is 1. The second-order valence-corrected chi connectivity index (χ2v) is 21.6. The molecule has 1 saturated heterocycles. The van der Waals surface area contributed by atoms with Gasteiger partial charge in [-0.1, -0.05) is 17.4 Å². The van der Waals surface area contributed by atoms with Crippen molar-refractivity contribution >= 4 is 58.4 Å². The zero-order valence-electron chi connectivity index (χ0n) is 7.30. The van der Waals surface area contributed by atoms with Gasteiger partial charge in [0.25, 0.3) is 0 Å². The van der Waals surface area contributed by atoms with Gasteiger partial charge < -0.3 is 4.74 Å². The molecule has 1 heterocycles. The highest BCUT2D eigenvalue weighted by molar-refractivity contribution is 9.34. The molecule has 76 valence electrons. The Bertz CT molecular complexity index is 377. The summed E-state index contributed by atoms with van der Waals surface area (Å²) < 4.78 is 5.12. The molecule has 0 N–H and O–H groups in total. The van der Waals surface area contributed by atoms with E-state index in [-0.39, 0.29) is 23.7 Å². The summed E-state index contributed by atoms with van der Waals surface area (Å²) in [5, 5.41) is 1.36. The van der Waals surface area contributed by atoms with Crippen molar-refractivity contribution in [1.29, 1.82) is 0 Å². The second-order valence-electron chi connectivity index (χ2n) is 2.54. The number of hydrogen-bond acceptors (Lipinski definition) is 3. The first-order chi connectivity index (χ1) is 6.72. The van der Waals surface area contributed by atoms with Crippen LogP contribution in [0, 0.1) is 0 Å². The summed E-state index contributed by atoms with van der Waals surface area (Å²) in [4.78, 5) is 0. The van der Waals surface area contributed by atoms with E-state index in [0.717, 1.165) is 12.7 Å². The molecular formula is C7H8OP2S4. The molecule has 14 heavy (non-hydrogen) atoms. The Labute approximate surface area is 99.7 Å². The van der Waals surface area contributed by atoms with Crippen LogP contribution in [0.3, 0.4) is 0 Å². The quantitative estimate of drug-likeness (QED) is 0.776. The summed E-state index contributed by atoms with van der Waals surface area (Å²) in [5.41, 5.74) is 0. The number of hydrogen-bond donors (Lipinski definition) is 0. The molecule has 0 spiro atoms. The lowest BCUT2D eigenvalue weighted by molar-refractivity contribution is 0.415. The Hall–Kier alpha value is 1.02. The van der Waals surface area contributed by atoms with E-state index in [9.17, 15) is 0 Å². The molecule has 7 heteroatoms. The average Bonchev–Trinajstić information content (AvgIpc) is 2.18. The first-order valence-electron chi connectivity index (χ1n) is 3.76. The summed E-state index contributed by atoms with van der Waals surface area (Å²) in [7, 11) is 2.03. The van der Waals surface area contributed by atoms with Gasteiger partial charge in [0.2, 0.25) is 0 Å². The van der Waals surface area contributed by atoms with Crippen LogP contribution in [-0.2, 0) is 39.8 Å². The van der Waals surface area contributed by atoms with Crippen molar-refractivity contribution in [2.45, 2.75) is 0 Å². The lowest BCUT2D eigenvalue weighted by atomic mass is 10.3. The van der Waals surface area contributed by atoms with Crippen LogP contribution in [0.2, 0.25) is 0 Å². The van der Waals surface area contributed by atoms with E-state index < -0.39 is 0 Å². The second kappa shape index (κ2) is 4.90. The smallest absolute Gasteiger partial charge is 0.118 e. The Morgan fingerprint density at radius 2 is 1.79 bits per heavy atom. The minimum absolute atomic E-state index is 0.174. The fourth-order valence-corrected chi connectivity index (χ4v) is 34.2. The van der Waals surface area contributed by atoms with Crippen LogP contribution < -0.4 is 10.0 Å². The highest BCUT2D eigenvalue weighted by Crippen LogP contribution is 2.68. The van der Waals surface area contributed by atoms with Crippen LogP contribution in [-0.4, -0.2) is 7.11 Å². The molecule has 0 aliphatic carbocycles. The van der Waals surface area contributed by atoms with E-state index in [2.05, 4.69) is 12.1 Å². The highest BCUT2D eigenvalue weighted by atomic mass is 33.8. The monoisotopic (exact) mass is 298 g/mol. The minimum Gasteiger partial charge on any atom is -0.497 e. The number of benzene rings is 1. The SMILES string of the molecule is COc1ccc(P2S(=S)PS2=S)cc1. The van der Waals surface area contributed by atoms with Gasteiger partial charge in [0.05, 0.1) is 13.4 Å². The van der Waals surface area contributed by atoms with Gasteiger partial charge in [-0.2, -0.15) is 0 Å². The van der Waals surface area contributed by atoms with Crippen LogP contribution in [0.4, 0.5) is 0 Å². The van der Waals surface area contributed by atoms with Gasteiger partial charge in [0, 0.05) is 6.98 Å². The standard InChI is InChI=1S/C7H8OP2S4/c1-8-6-2-4-7(5-3-6)10-13(11)9-14(10)12/h2-5,9H,1H3. The third-order valence-corrected chi connectivity index (χ3v) is 30.3. The van der Waals surface area contributed by atoms with Crippen molar-refractivity contribution < 1.29 is 4.74 Å².